The van der Waals surface area contributed by atoms with Crippen LogP contribution in [-0.2, 0) is 0 Å². The van der Waals surface area contributed by atoms with Crippen LogP contribution in [-0.4, -0.2) is 12.3 Å². The smallest absolute Gasteiger partial charge is 0.0406 e. The van der Waals surface area contributed by atoms with Crippen LogP contribution in [0.3, 0.4) is 0 Å². The summed E-state index contributed by atoms with van der Waals surface area (Å²) in [5, 5.41) is 2.31. The van der Waals surface area contributed by atoms with E-state index < -0.39 is 0 Å². The van der Waals surface area contributed by atoms with E-state index in [1.54, 1.807) is 0 Å². The third-order valence-corrected chi connectivity index (χ3v) is 4.76. The van der Waals surface area contributed by atoms with E-state index in [2.05, 4.69) is 26.0 Å². The Balaban J connectivity index is 2.80. The van der Waals surface area contributed by atoms with E-state index in [0.717, 1.165) is 5.02 Å². The van der Waals surface area contributed by atoms with E-state index >= 15 is 0 Å². The van der Waals surface area contributed by atoms with Gasteiger partial charge in [-0.2, -0.15) is 0 Å². The first-order valence-corrected chi connectivity index (χ1v) is 6.37. The Morgan fingerprint density at radius 2 is 1.58 bits per heavy atom. The predicted molar refractivity (Wildman–Crippen MR) is 59.1 cm³/mol. The van der Waals surface area contributed by atoms with Crippen LogP contribution in [0.2, 0.25) is 5.02 Å². The average Bonchev–Trinajstić information content (AvgIpc) is 2.10. The molecule has 1 aromatic carbocycles. The van der Waals surface area contributed by atoms with Gasteiger partial charge in [0.1, 0.15) is 0 Å². The molecule has 0 unspecified atom stereocenters. The third kappa shape index (κ3) is 2.47. The molecule has 0 bridgehead atoms. The summed E-state index contributed by atoms with van der Waals surface area (Å²) in [6, 6.07) is 8.27. The Morgan fingerprint density at radius 1 is 1.08 bits per heavy atom. The molecule has 2 heteroatoms. The molecular weight excluding hydrogens is 187 g/mol. The molecular formula is C10H14ClP. The van der Waals surface area contributed by atoms with E-state index in [-0.39, 0.29) is 7.92 Å². The van der Waals surface area contributed by atoms with Crippen molar-refractivity contribution in [2.24, 2.45) is 0 Å². The van der Waals surface area contributed by atoms with Crippen LogP contribution in [0.4, 0.5) is 0 Å². The second kappa shape index (κ2) is 4.84. The molecule has 12 heavy (non-hydrogen) atoms. The lowest BCUT2D eigenvalue weighted by Crippen LogP contribution is -2.02. The van der Waals surface area contributed by atoms with Gasteiger partial charge in [0, 0.05) is 5.02 Å². The molecule has 0 spiro atoms. The molecule has 1 rings (SSSR count). The van der Waals surface area contributed by atoms with Gasteiger partial charge in [-0.15, -0.1) is 0 Å². The molecule has 0 saturated carbocycles. The van der Waals surface area contributed by atoms with E-state index in [4.69, 9.17) is 11.6 Å². The second-order valence-electron chi connectivity index (χ2n) is 2.65. The Labute approximate surface area is 80.7 Å². The van der Waals surface area contributed by atoms with Crippen molar-refractivity contribution >= 4 is 24.8 Å². The molecule has 0 radical (unpaired) electrons. The Hall–Kier alpha value is -0.0600. The van der Waals surface area contributed by atoms with Gasteiger partial charge in [-0.25, -0.2) is 0 Å². The predicted octanol–water partition coefficient (Wildman–Crippen LogP) is 3.49. The molecule has 0 atom stereocenters. The summed E-state index contributed by atoms with van der Waals surface area (Å²) in [7, 11) is 0.0776. The van der Waals surface area contributed by atoms with Crippen molar-refractivity contribution in [1.29, 1.82) is 0 Å². The van der Waals surface area contributed by atoms with Crippen LogP contribution in [0, 0.1) is 0 Å². The fourth-order valence-electron chi connectivity index (χ4n) is 1.24. The molecule has 0 fully saturated rings. The van der Waals surface area contributed by atoms with Crippen LogP contribution in [0.5, 0.6) is 0 Å². The fourth-order valence-corrected chi connectivity index (χ4v) is 3.11. The monoisotopic (exact) mass is 200 g/mol. The molecule has 0 aromatic heterocycles. The Morgan fingerprint density at radius 3 is 2.00 bits per heavy atom. The molecule has 0 aliphatic heterocycles. The highest BCUT2D eigenvalue weighted by Gasteiger charge is 2.04. The van der Waals surface area contributed by atoms with Gasteiger partial charge in [0.15, 0.2) is 0 Å². The summed E-state index contributed by atoms with van der Waals surface area (Å²) in [6.07, 6.45) is 2.54. The number of hydrogen-bond donors (Lipinski definition) is 0. The van der Waals surface area contributed by atoms with Crippen LogP contribution < -0.4 is 5.30 Å². The first kappa shape index (κ1) is 10.0. The normalized spacial score (nSPS) is 10.7. The minimum atomic E-state index is 0.0776. The summed E-state index contributed by atoms with van der Waals surface area (Å²) < 4.78 is 0. The van der Waals surface area contributed by atoms with Crippen molar-refractivity contribution in [2.75, 3.05) is 12.3 Å². The van der Waals surface area contributed by atoms with E-state index in [1.165, 1.54) is 17.6 Å². The first-order valence-electron chi connectivity index (χ1n) is 4.28. The zero-order chi connectivity index (χ0) is 8.97. The van der Waals surface area contributed by atoms with Crippen molar-refractivity contribution in [3.05, 3.63) is 29.3 Å². The highest BCUT2D eigenvalue weighted by Crippen LogP contribution is 2.32. The molecule has 0 heterocycles. The van der Waals surface area contributed by atoms with Crippen molar-refractivity contribution in [3.63, 3.8) is 0 Å². The number of benzene rings is 1. The van der Waals surface area contributed by atoms with Crippen molar-refractivity contribution < 1.29 is 0 Å². The van der Waals surface area contributed by atoms with Crippen LogP contribution >= 0.6 is 19.5 Å². The van der Waals surface area contributed by atoms with Gasteiger partial charge in [-0.05, 0) is 29.8 Å². The van der Waals surface area contributed by atoms with Crippen LogP contribution in [0.15, 0.2) is 24.3 Å². The first-order chi connectivity index (χ1) is 5.77. The molecule has 0 amide bonds. The minimum Gasteiger partial charge on any atom is -0.0843 e. The highest BCUT2D eigenvalue weighted by atomic mass is 35.5. The largest absolute Gasteiger partial charge is 0.0843 e. The van der Waals surface area contributed by atoms with Gasteiger partial charge in [0.25, 0.3) is 0 Å². The highest BCUT2D eigenvalue weighted by molar-refractivity contribution is 7.65. The topological polar surface area (TPSA) is 0 Å². The molecule has 0 aliphatic rings. The van der Waals surface area contributed by atoms with Crippen molar-refractivity contribution in [3.8, 4) is 0 Å². The maximum absolute atomic E-state index is 5.81. The molecule has 0 nitrogen and oxygen atoms in total. The lowest BCUT2D eigenvalue weighted by Gasteiger charge is -2.12. The van der Waals surface area contributed by atoms with E-state index in [1.807, 2.05) is 12.1 Å². The van der Waals surface area contributed by atoms with Gasteiger partial charge in [0.2, 0.25) is 0 Å². The molecule has 0 N–H and O–H groups in total. The van der Waals surface area contributed by atoms with Crippen LogP contribution in [0.1, 0.15) is 13.8 Å². The lowest BCUT2D eigenvalue weighted by atomic mass is 10.4. The van der Waals surface area contributed by atoms with Gasteiger partial charge in [-0.3, -0.25) is 0 Å². The maximum atomic E-state index is 5.81. The summed E-state index contributed by atoms with van der Waals surface area (Å²) in [5.41, 5.74) is 0. The number of halogens is 1. The quantitative estimate of drug-likeness (QED) is 0.656. The van der Waals surface area contributed by atoms with E-state index in [0.29, 0.717) is 0 Å². The van der Waals surface area contributed by atoms with Crippen molar-refractivity contribution in [2.45, 2.75) is 13.8 Å². The second-order valence-corrected chi connectivity index (χ2v) is 5.95. The summed E-state index contributed by atoms with van der Waals surface area (Å²) in [5.74, 6) is 0. The average molecular weight is 201 g/mol. The minimum absolute atomic E-state index is 0.0776. The zero-order valence-corrected chi connectivity index (χ0v) is 9.20. The van der Waals surface area contributed by atoms with Crippen LogP contribution in [0.25, 0.3) is 0 Å². The number of rotatable bonds is 3. The maximum Gasteiger partial charge on any atom is 0.0406 e. The molecule has 0 saturated heterocycles. The van der Waals surface area contributed by atoms with Gasteiger partial charge >= 0.3 is 0 Å². The van der Waals surface area contributed by atoms with Crippen molar-refractivity contribution in [1.82, 2.24) is 0 Å². The summed E-state index contributed by atoms with van der Waals surface area (Å²) in [4.78, 5) is 0. The Kier molecular flexibility index (Phi) is 4.05. The third-order valence-electron chi connectivity index (χ3n) is 1.96. The van der Waals surface area contributed by atoms with E-state index in [9.17, 15) is 0 Å². The lowest BCUT2D eigenvalue weighted by molar-refractivity contribution is 1.42. The molecule has 0 aliphatic carbocycles. The van der Waals surface area contributed by atoms with Gasteiger partial charge in [-0.1, -0.05) is 45.5 Å². The fraction of sp³-hybridized carbons (Fsp3) is 0.400. The summed E-state index contributed by atoms with van der Waals surface area (Å²) >= 11 is 5.81. The number of hydrogen-bond acceptors (Lipinski definition) is 0. The Bertz CT molecular complexity index is 226. The van der Waals surface area contributed by atoms with Gasteiger partial charge < -0.3 is 0 Å². The summed E-state index contributed by atoms with van der Waals surface area (Å²) in [6.45, 7) is 4.51. The standard InChI is InChI=1S/C10H14ClP/c1-3-12(4-2)10-7-5-9(11)6-8-10/h5-8H,3-4H2,1-2H3. The SMILES string of the molecule is CCP(CC)c1ccc(Cl)cc1. The zero-order valence-electron chi connectivity index (χ0n) is 7.55. The molecule has 66 valence electrons. The molecule has 1 aromatic rings. The van der Waals surface area contributed by atoms with Gasteiger partial charge in [0.05, 0.1) is 0 Å².